The fourth-order valence-electron chi connectivity index (χ4n) is 2.85. The van der Waals surface area contributed by atoms with Gasteiger partial charge in [0.05, 0.1) is 25.2 Å². The third-order valence-electron chi connectivity index (χ3n) is 4.55. The van der Waals surface area contributed by atoms with Gasteiger partial charge >= 0.3 is 8.60 Å². The zero-order valence-corrected chi connectivity index (χ0v) is 18.9. The summed E-state index contributed by atoms with van der Waals surface area (Å²) in [5.74, 6) is 0.704. The van der Waals surface area contributed by atoms with Crippen LogP contribution in [0, 0.1) is 12.3 Å². The lowest BCUT2D eigenvalue weighted by molar-refractivity contribution is -0.0259. The van der Waals surface area contributed by atoms with Crippen molar-refractivity contribution in [2.75, 3.05) is 26.4 Å². The van der Waals surface area contributed by atoms with Gasteiger partial charge in [0, 0.05) is 0 Å². The van der Waals surface area contributed by atoms with Crippen LogP contribution in [0.15, 0.2) is 12.1 Å². The second-order valence-corrected chi connectivity index (χ2v) is 9.71. The maximum absolute atomic E-state index is 9.47. The van der Waals surface area contributed by atoms with E-state index < -0.39 is 14.0 Å². The van der Waals surface area contributed by atoms with Gasteiger partial charge in [-0.15, -0.1) is 0 Å². The number of benzene rings is 1. The molecule has 1 aromatic rings. The predicted molar refractivity (Wildman–Crippen MR) is 111 cm³/mol. The van der Waals surface area contributed by atoms with Crippen molar-refractivity contribution >= 4 is 8.60 Å². The molecule has 0 aliphatic heterocycles. The Bertz CT molecular complexity index is 554. The van der Waals surface area contributed by atoms with Crippen LogP contribution >= 0.6 is 8.60 Å². The molecule has 28 heavy (non-hydrogen) atoms. The molecule has 0 aromatic heterocycles. The molecule has 0 radical (unpaired) electrons. The molecule has 0 bridgehead atoms. The first-order valence-corrected chi connectivity index (χ1v) is 10.3. The number of aliphatic hydroxyl groups excluding tert-OH is 3. The first kappa shape index (κ1) is 27.2. The Morgan fingerprint density at radius 2 is 1.11 bits per heavy atom. The van der Waals surface area contributed by atoms with Crippen LogP contribution in [0.25, 0.3) is 0 Å². The zero-order valence-electron chi connectivity index (χ0n) is 18.0. The van der Waals surface area contributed by atoms with E-state index in [1.54, 1.807) is 0 Å². The summed E-state index contributed by atoms with van der Waals surface area (Å²) in [6.07, 6.45) is 0. The molecule has 0 atom stereocenters. The second kappa shape index (κ2) is 10.8. The van der Waals surface area contributed by atoms with Crippen molar-refractivity contribution in [1.29, 1.82) is 0 Å². The topological polar surface area (TPSA) is 131 Å². The van der Waals surface area contributed by atoms with E-state index in [2.05, 4.69) is 48.5 Å². The van der Waals surface area contributed by atoms with E-state index in [0.29, 0.717) is 5.75 Å². The molecule has 164 valence electrons. The van der Waals surface area contributed by atoms with Crippen LogP contribution in [0.2, 0.25) is 0 Å². The summed E-state index contributed by atoms with van der Waals surface area (Å²) in [4.78, 5) is 21.7. The minimum atomic E-state index is -2.62. The van der Waals surface area contributed by atoms with E-state index in [1.807, 2.05) is 12.1 Å². The number of ether oxygens (including phenoxy) is 1. The maximum Gasteiger partial charge on any atom is 0.324 e. The minimum absolute atomic E-state index is 0.0223. The van der Waals surface area contributed by atoms with Gasteiger partial charge in [-0.2, -0.15) is 0 Å². The third-order valence-corrected chi connectivity index (χ3v) is 4.55. The molecule has 1 aromatic carbocycles. The fourth-order valence-corrected chi connectivity index (χ4v) is 2.85. The predicted octanol–water partition coefficient (Wildman–Crippen LogP) is 2.12. The Morgan fingerprint density at radius 3 is 1.36 bits per heavy atom. The van der Waals surface area contributed by atoms with Gasteiger partial charge in [-0.3, -0.25) is 0 Å². The van der Waals surface area contributed by atoms with Gasteiger partial charge in [0.2, 0.25) is 0 Å². The van der Waals surface area contributed by atoms with Crippen molar-refractivity contribution in [2.45, 2.75) is 59.3 Å². The fraction of sp³-hybridized carbons (Fsp3) is 0.700. The molecule has 0 spiro atoms. The Hall–Kier alpha value is -0.790. The number of hydrogen-bond acceptors (Lipinski definition) is 7. The summed E-state index contributed by atoms with van der Waals surface area (Å²) in [6.45, 7) is 14.2. The molecule has 8 heteroatoms. The second-order valence-electron chi connectivity index (χ2n) is 9.17. The molecule has 0 unspecified atom stereocenters. The third kappa shape index (κ3) is 8.29. The molecular weight excluding hydrogens is 383 g/mol. The summed E-state index contributed by atoms with van der Waals surface area (Å²) >= 11 is 0. The molecular formula is C20H37O7P. The van der Waals surface area contributed by atoms with E-state index in [0.717, 1.165) is 0 Å². The minimum Gasteiger partial charge on any atom is -0.493 e. The Kier molecular flexibility index (Phi) is 10.5. The monoisotopic (exact) mass is 420 g/mol. The van der Waals surface area contributed by atoms with Crippen molar-refractivity contribution in [3.8, 4) is 5.75 Å². The molecule has 0 heterocycles. The molecule has 0 saturated carbocycles. The largest absolute Gasteiger partial charge is 0.493 e. The number of aliphatic hydroxyl groups is 3. The van der Waals surface area contributed by atoms with Gasteiger partial charge in [-0.1, -0.05) is 41.5 Å². The smallest absolute Gasteiger partial charge is 0.324 e. The van der Waals surface area contributed by atoms with E-state index in [4.69, 9.17) is 19.4 Å². The van der Waals surface area contributed by atoms with Gasteiger partial charge in [0.25, 0.3) is 0 Å². The Labute approximate surface area is 169 Å². The van der Waals surface area contributed by atoms with Crippen LogP contribution in [0.4, 0.5) is 0 Å². The Morgan fingerprint density at radius 1 is 0.786 bits per heavy atom. The van der Waals surface area contributed by atoms with Crippen LogP contribution in [0.1, 0.15) is 58.2 Å². The van der Waals surface area contributed by atoms with Gasteiger partial charge in [0.15, 0.2) is 0 Å². The zero-order chi connectivity index (χ0) is 22.3. The maximum atomic E-state index is 9.47. The molecule has 0 aliphatic rings. The lowest BCUT2D eigenvalue weighted by Gasteiger charge is -2.31. The molecule has 0 aliphatic carbocycles. The normalized spacial score (nSPS) is 12.6. The van der Waals surface area contributed by atoms with E-state index in [9.17, 15) is 15.3 Å². The van der Waals surface area contributed by atoms with E-state index in [1.165, 1.54) is 16.7 Å². The van der Waals surface area contributed by atoms with Crippen LogP contribution in [0.3, 0.4) is 0 Å². The highest BCUT2D eigenvalue weighted by atomic mass is 31.2. The highest BCUT2D eigenvalue weighted by Gasteiger charge is 2.30. The summed E-state index contributed by atoms with van der Waals surface area (Å²) in [7, 11) is -2.62. The Balaban J connectivity index is 0.00000165. The lowest BCUT2D eigenvalue weighted by Crippen LogP contribution is -2.39. The summed E-state index contributed by atoms with van der Waals surface area (Å²) in [5, 5.41) is 28.4. The van der Waals surface area contributed by atoms with Gasteiger partial charge < -0.3 is 34.7 Å². The van der Waals surface area contributed by atoms with E-state index in [-0.39, 0.29) is 37.3 Å². The molecule has 6 N–H and O–H groups in total. The van der Waals surface area contributed by atoms with Crippen LogP contribution in [-0.2, 0) is 10.8 Å². The summed E-state index contributed by atoms with van der Waals surface area (Å²) < 4.78 is 5.89. The van der Waals surface area contributed by atoms with Crippen LogP contribution in [-0.4, -0.2) is 56.4 Å². The molecule has 0 saturated heterocycles. The van der Waals surface area contributed by atoms with E-state index >= 15 is 0 Å². The van der Waals surface area contributed by atoms with Gasteiger partial charge in [-0.05, 0) is 46.6 Å². The van der Waals surface area contributed by atoms with Crippen LogP contribution in [0.5, 0.6) is 5.75 Å². The van der Waals surface area contributed by atoms with Crippen LogP contribution < -0.4 is 4.74 Å². The average molecular weight is 420 g/mol. The van der Waals surface area contributed by atoms with Gasteiger partial charge in [0.1, 0.15) is 12.4 Å². The number of hydrogen-bond donors (Lipinski definition) is 6. The van der Waals surface area contributed by atoms with Crippen molar-refractivity contribution < 1.29 is 34.7 Å². The first-order chi connectivity index (χ1) is 12.6. The summed E-state index contributed by atoms with van der Waals surface area (Å²) in [6, 6.07) is 4.06. The SMILES string of the molecule is Cc1c(C(C)(C)C)cc(OCC(CO)(CO)CO)cc1C(C)(C)C.OP(O)O. The lowest BCUT2D eigenvalue weighted by atomic mass is 9.76. The van der Waals surface area contributed by atoms with Gasteiger partial charge in [-0.25, -0.2) is 0 Å². The highest BCUT2D eigenvalue weighted by Crippen LogP contribution is 2.37. The average Bonchev–Trinajstić information content (AvgIpc) is 2.55. The first-order valence-electron chi connectivity index (χ1n) is 9.11. The standard InChI is InChI=1S/C20H34O4.H3O3P/c1-14-16(18(2,3)4)8-15(9-17(14)19(5,6)7)24-13-20(10-21,11-22)12-23;1-4(2)3/h8-9,21-23H,10-13H2,1-7H3;1-3H. The molecule has 7 nitrogen and oxygen atoms in total. The quantitative estimate of drug-likeness (QED) is 0.389. The summed E-state index contributed by atoms with van der Waals surface area (Å²) in [5.41, 5.74) is 2.62. The molecule has 0 amide bonds. The van der Waals surface area contributed by atoms with Crippen molar-refractivity contribution in [3.63, 3.8) is 0 Å². The number of rotatable bonds is 6. The molecule has 0 fully saturated rings. The van der Waals surface area contributed by atoms with Crippen molar-refractivity contribution in [1.82, 2.24) is 0 Å². The van der Waals surface area contributed by atoms with Crippen molar-refractivity contribution in [3.05, 3.63) is 28.8 Å². The molecule has 1 rings (SSSR count). The highest BCUT2D eigenvalue weighted by molar-refractivity contribution is 7.38. The van der Waals surface area contributed by atoms with Crippen molar-refractivity contribution in [2.24, 2.45) is 5.41 Å².